The maximum absolute atomic E-state index is 8.65. The molecular weight excluding hydrogens is 212 g/mol. The van der Waals surface area contributed by atoms with E-state index in [-0.39, 0.29) is 12.7 Å². The Bertz CT molecular complexity index is 413. The summed E-state index contributed by atoms with van der Waals surface area (Å²) < 4.78 is 5.79. The summed E-state index contributed by atoms with van der Waals surface area (Å²) in [7, 11) is 0. The van der Waals surface area contributed by atoms with Crippen molar-refractivity contribution < 1.29 is 9.84 Å². The van der Waals surface area contributed by atoms with Crippen LogP contribution in [0.5, 0.6) is 5.75 Å². The molecule has 1 aromatic carbocycles. The summed E-state index contributed by atoms with van der Waals surface area (Å²) in [6, 6.07) is 5.93. The van der Waals surface area contributed by atoms with Gasteiger partial charge in [0.05, 0.1) is 12.7 Å². The van der Waals surface area contributed by atoms with Crippen LogP contribution >= 0.6 is 0 Å². The summed E-state index contributed by atoms with van der Waals surface area (Å²) in [6.45, 7) is 6.30. The van der Waals surface area contributed by atoms with E-state index in [9.17, 15) is 0 Å². The molecule has 1 atom stereocenters. The average Bonchev–Trinajstić information content (AvgIpc) is 2.32. The minimum absolute atomic E-state index is 0.112. The van der Waals surface area contributed by atoms with Crippen LogP contribution in [0.4, 0.5) is 0 Å². The molecule has 17 heavy (non-hydrogen) atoms. The number of benzene rings is 1. The molecule has 0 radical (unpaired) electrons. The van der Waals surface area contributed by atoms with Gasteiger partial charge in [0.2, 0.25) is 0 Å². The highest BCUT2D eigenvalue weighted by molar-refractivity contribution is 5.43. The summed E-state index contributed by atoms with van der Waals surface area (Å²) in [6.07, 6.45) is 1.75. The Kier molecular flexibility index (Phi) is 5.59. The van der Waals surface area contributed by atoms with Crippen LogP contribution in [-0.2, 0) is 0 Å². The topological polar surface area (TPSA) is 29.5 Å². The van der Waals surface area contributed by atoms with Crippen LogP contribution in [0.15, 0.2) is 18.2 Å². The lowest BCUT2D eigenvalue weighted by molar-refractivity contribution is 0.216. The zero-order valence-corrected chi connectivity index (χ0v) is 10.8. The van der Waals surface area contributed by atoms with Crippen molar-refractivity contribution in [1.82, 2.24) is 0 Å². The largest absolute Gasteiger partial charge is 0.490 e. The molecule has 1 aromatic rings. The zero-order chi connectivity index (χ0) is 12.7. The maximum atomic E-state index is 8.65. The van der Waals surface area contributed by atoms with E-state index in [2.05, 4.69) is 25.7 Å². The van der Waals surface area contributed by atoms with Gasteiger partial charge in [0, 0.05) is 12.0 Å². The van der Waals surface area contributed by atoms with E-state index in [4.69, 9.17) is 9.84 Å². The van der Waals surface area contributed by atoms with Crippen molar-refractivity contribution in [3.8, 4) is 17.6 Å². The van der Waals surface area contributed by atoms with Gasteiger partial charge in [-0.2, -0.15) is 0 Å². The van der Waals surface area contributed by atoms with E-state index in [1.807, 2.05) is 25.1 Å². The van der Waals surface area contributed by atoms with Gasteiger partial charge in [-0.05, 0) is 44.0 Å². The average molecular weight is 232 g/mol. The number of hydrogen-bond acceptors (Lipinski definition) is 2. The van der Waals surface area contributed by atoms with Gasteiger partial charge in [0.15, 0.2) is 0 Å². The lowest BCUT2D eigenvalue weighted by atomic mass is 10.1. The second-order valence-corrected chi connectivity index (χ2v) is 4.09. The standard InChI is InChI=1S/C15H20O2/c1-4-13(3)17-15-9-8-14(11-12(15)2)7-5-6-10-16/h8-9,11,13,16H,4,6,10H2,1-3H3. The lowest BCUT2D eigenvalue weighted by Gasteiger charge is -2.14. The highest BCUT2D eigenvalue weighted by Crippen LogP contribution is 2.20. The summed E-state index contributed by atoms with van der Waals surface area (Å²) in [5.41, 5.74) is 2.06. The van der Waals surface area contributed by atoms with Gasteiger partial charge in [-0.25, -0.2) is 0 Å². The SMILES string of the molecule is CCC(C)Oc1ccc(C#CCCO)cc1C. The fourth-order valence-corrected chi connectivity index (χ4v) is 1.38. The molecule has 0 amide bonds. The molecule has 2 heteroatoms. The van der Waals surface area contributed by atoms with Crippen LogP contribution in [-0.4, -0.2) is 17.8 Å². The third-order valence-electron chi connectivity index (χ3n) is 2.55. The van der Waals surface area contributed by atoms with Gasteiger partial charge >= 0.3 is 0 Å². The molecule has 0 aliphatic carbocycles. The third kappa shape index (κ3) is 4.50. The highest BCUT2D eigenvalue weighted by Gasteiger charge is 2.04. The Morgan fingerprint density at radius 1 is 1.41 bits per heavy atom. The predicted molar refractivity (Wildman–Crippen MR) is 70.1 cm³/mol. The van der Waals surface area contributed by atoms with E-state index in [1.165, 1.54) is 0 Å². The number of aliphatic hydroxyl groups is 1. The zero-order valence-electron chi connectivity index (χ0n) is 10.8. The normalized spacial score (nSPS) is 11.5. The van der Waals surface area contributed by atoms with Gasteiger partial charge in [0.1, 0.15) is 5.75 Å². The van der Waals surface area contributed by atoms with Gasteiger partial charge in [-0.15, -0.1) is 0 Å². The fourth-order valence-electron chi connectivity index (χ4n) is 1.38. The molecule has 0 saturated carbocycles. The molecule has 0 heterocycles. The number of aryl methyl sites for hydroxylation is 1. The first kappa shape index (κ1) is 13.6. The Labute approximate surface area is 104 Å². The molecule has 0 fully saturated rings. The molecule has 0 spiro atoms. The number of rotatable bonds is 4. The van der Waals surface area contributed by atoms with Crippen molar-refractivity contribution in [3.05, 3.63) is 29.3 Å². The van der Waals surface area contributed by atoms with Gasteiger partial charge in [0.25, 0.3) is 0 Å². The van der Waals surface area contributed by atoms with Crippen LogP contribution in [0, 0.1) is 18.8 Å². The molecule has 1 unspecified atom stereocenters. The molecule has 92 valence electrons. The van der Waals surface area contributed by atoms with Crippen molar-refractivity contribution in [2.45, 2.75) is 39.7 Å². The van der Waals surface area contributed by atoms with Crippen molar-refractivity contribution in [2.75, 3.05) is 6.61 Å². The fraction of sp³-hybridized carbons (Fsp3) is 0.467. The molecule has 0 aromatic heterocycles. The molecule has 0 aliphatic heterocycles. The van der Waals surface area contributed by atoms with E-state index in [0.717, 1.165) is 23.3 Å². The van der Waals surface area contributed by atoms with Gasteiger partial charge in [-0.1, -0.05) is 18.8 Å². The molecule has 0 bridgehead atoms. The summed E-state index contributed by atoms with van der Waals surface area (Å²) in [4.78, 5) is 0. The number of aliphatic hydroxyl groups excluding tert-OH is 1. The Balaban J connectivity index is 2.76. The van der Waals surface area contributed by atoms with E-state index >= 15 is 0 Å². The summed E-state index contributed by atoms with van der Waals surface area (Å²) in [5.74, 6) is 6.85. The molecule has 0 saturated heterocycles. The monoisotopic (exact) mass is 232 g/mol. The minimum atomic E-state index is 0.112. The first-order valence-electron chi connectivity index (χ1n) is 6.04. The van der Waals surface area contributed by atoms with E-state index in [0.29, 0.717) is 6.42 Å². The molecule has 2 nitrogen and oxygen atoms in total. The van der Waals surface area contributed by atoms with Crippen LogP contribution in [0.25, 0.3) is 0 Å². The Hall–Kier alpha value is -1.46. The lowest BCUT2D eigenvalue weighted by Crippen LogP contribution is -2.10. The smallest absolute Gasteiger partial charge is 0.122 e. The quantitative estimate of drug-likeness (QED) is 0.809. The van der Waals surface area contributed by atoms with Crippen LogP contribution in [0.1, 0.15) is 37.8 Å². The minimum Gasteiger partial charge on any atom is -0.490 e. The Morgan fingerprint density at radius 2 is 2.18 bits per heavy atom. The van der Waals surface area contributed by atoms with Gasteiger partial charge < -0.3 is 9.84 Å². The number of hydrogen-bond donors (Lipinski definition) is 1. The van der Waals surface area contributed by atoms with Crippen molar-refractivity contribution in [2.24, 2.45) is 0 Å². The molecule has 1 N–H and O–H groups in total. The first-order valence-corrected chi connectivity index (χ1v) is 6.04. The molecular formula is C15H20O2. The summed E-state index contributed by atoms with van der Waals surface area (Å²) in [5, 5.41) is 8.65. The van der Waals surface area contributed by atoms with Crippen molar-refractivity contribution in [3.63, 3.8) is 0 Å². The highest BCUT2D eigenvalue weighted by atomic mass is 16.5. The van der Waals surface area contributed by atoms with Crippen molar-refractivity contribution in [1.29, 1.82) is 0 Å². The van der Waals surface area contributed by atoms with E-state index < -0.39 is 0 Å². The Morgan fingerprint density at radius 3 is 2.76 bits per heavy atom. The predicted octanol–water partition coefficient (Wildman–Crippen LogP) is 2.91. The maximum Gasteiger partial charge on any atom is 0.122 e. The van der Waals surface area contributed by atoms with Gasteiger partial charge in [-0.3, -0.25) is 0 Å². The summed E-state index contributed by atoms with van der Waals surface area (Å²) >= 11 is 0. The number of ether oxygens (including phenoxy) is 1. The first-order chi connectivity index (χ1) is 8.17. The van der Waals surface area contributed by atoms with E-state index in [1.54, 1.807) is 0 Å². The van der Waals surface area contributed by atoms with Crippen LogP contribution in [0.3, 0.4) is 0 Å². The van der Waals surface area contributed by atoms with Crippen molar-refractivity contribution >= 4 is 0 Å². The van der Waals surface area contributed by atoms with Crippen LogP contribution in [0.2, 0.25) is 0 Å². The third-order valence-corrected chi connectivity index (χ3v) is 2.55. The van der Waals surface area contributed by atoms with Crippen LogP contribution < -0.4 is 4.74 Å². The second-order valence-electron chi connectivity index (χ2n) is 4.09. The second kappa shape index (κ2) is 6.98. The molecule has 1 rings (SSSR count). The molecule has 0 aliphatic rings.